The van der Waals surface area contributed by atoms with E-state index in [0.717, 1.165) is 30.0 Å². The molecule has 21 heavy (non-hydrogen) atoms. The molecule has 0 aliphatic carbocycles. The van der Waals surface area contributed by atoms with Gasteiger partial charge < -0.3 is 14.8 Å². The second kappa shape index (κ2) is 7.13. The molecule has 1 aromatic heterocycles. The molecule has 5 heteroatoms. The van der Waals surface area contributed by atoms with Gasteiger partial charge in [0.15, 0.2) is 0 Å². The summed E-state index contributed by atoms with van der Waals surface area (Å²) in [5.41, 5.74) is 2.23. The first kappa shape index (κ1) is 15.4. The van der Waals surface area contributed by atoms with Crippen LogP contribution in [0.1, 0.15) is 24.1 Å². The van der Waals surface area contributed by atoms with Crippen LogP contribution < -0.4 is 14.8 Å². The molecule has 1 aromatic carbocycles. The molecule has 0 radical (unpaired) electrons. The minimum Gasteiger partial charge on any atom is -0.496 e. The van der Waals surface area contributed by atoms with Crippen molar-refractivity contribution < 1.29 is 9.47 Å². The summed E-state index contributed by atoms with van der Waals surface area (Å²) < 4.78 is 12.9. The largest absolute Gasteiger partial charge is 0.496 e. The zero-order valence-electron chi connectivity index (χ0n) is 13.1. The molecule has 0 saturated carbocycles. The Labute approximate surface area is 125 Å². The number of aromatic nitrogens is 2. The first-order valence-electron chi connectivity index (χ1n) is 7.11. The number of likely N-dealkylation sites (N-methyl/N-ethyl adjacent to an activating group) is 1. The summed E-state index contributed by atoms with van der Waals surface area (Å²) in [6.45, 7) is 2.96. The zero-order chi connectivity index (χ0) is 15.2. The van der Waals surface area contributed by atoms with E-state index in [0.29, 0.717) is 0 Å². The number of hydrogen-bond donors (Lipinski definition) is 1. The number of rotatable bonds is 7. The van der Waals surface area contributed by atoms with Crippen molar-refractivity contribution in [1.29, 1.82) is 0 Å². The van der Waals surface area contributed by atoms with E-state index in [-0.39, 0.29) is 6.04 Å². The lowest BCUT2D eigenvalue weighted by Gasteiger charge is -2.22. The van der Waals surface area contributed by atoms with Gasteiger partial charge in [0.1, 0.15) is 11.5 Å². The van der Waals surface area contributed by atoms with Crippen molar-refractivity contribution in [2.75, 3.05) is 20.8 Å². The van der Waals surface area contributed by atoms with Crippen LogP contribution in [-0.2, 0) is 13.5 Å². The highest BCUT2D eigenvalue weighted by Gasteiger charge is 2.21. The van der Waals surface area contributed by atoms with Gasteiger partial charge in [-0.05, 0) is 30.7 Å². The smallest absolute Gasteiger partial charge is 0.127 e. The summed E-state index contributed by atoms with van der Waals surface area (Å²) in [4.78, 5) is 0. The number of hydrogen-bond acceptors (Lipinski definition) is 4. The van der Waals surface area contributed by atoms with Crippen molar-refractivity contribution in [3.05, 3.63) is 41.7 Å². The van der Waals surface area contributed by atoms with Gasteiger partial charge in [0.05, 0.1) is 26.0 Å². The molecule has 0 saturated heterocycles. The van der Waals surface area contributed by atoms with E-state index in [4.69, 9.17) is 9.47 Å². The van der Waals surface area contributed by atoms with Crippen LogP contribution in [0.4, 0.5) is 0 Å². The first-order chi connectivity index (χ1) is 10.2. The monoisotopic (exact) mass is 289 g/mol. The fourth-order valence-electron chi connectivity index (χ4n) is 2.56. The molecular weight excluding hydrogens is 266 g/mol. The number of nitrogens with zero attached hydrogens (tertiary/aromatic N) is 2. The Morgan fingerprint density at radius 2 is 1.90 bits per heavy atom. The quantitative estimate of drug-likeness (QED) is 0.850. The van der Waals surface area contributed by atoms with Gasteiger partial charge in [-0.15, -0.1) is 0 Å². The lowest BCUT2D eigenvalue weighted by Crippen LogP contribution is -2.24. The Balaban J connectivity index is 2.37. The van der Waals surface area contributed by atoms with E-state index >= 15 is 0 Å². The number of methoxy groups -OCH3 is 2. The molecule has 2 rings (SSSR count). The minimum atomic E-state index is 0.116. The van der Waals surface area contributed by atoms with E-state index in [2.05, 4.69) is 17.3 Å². The summed E-state index contributed by atoms with van der Waals surface area (Å²) in [5, 5.41) is 7.74. The number of nitrogens with one attached hydrogen (secondary N) is 1. The molecule has 0 amide bonds. The molecule has 1 N–H and O–H groups in total. The van der Waals surface area contributed by atoms with Gasteiger partial charge in [-0.1, -0.05) is 13.0 Å². The molecule has 5 nitrogen and oxygen atoms in total. The van der Waals surface area contributed by atoms with Gasteiger partial charge in [-0.3, -0.25) is 4.68 Å². The van der Waals surface area contributed by atoms with Gasteiger partial charge in [0.25, 0.3) is 0 Å². The van der Waals surface area contributed by atoms with Gasteiger partial charge in [-0.2, -0.15) is 5.10 Å². The number of aryl methyl sites for hydroxylation is 1. The van der Waals surface area contributed by atoms with Crippen LogP contribution in [0, 0.1) is 0 Å². The summed E-state index contributed by atoms with van der Waals surface area (Å²) in [6, 6.07) is 5.98. The fourth-order valence-corrected chi connectivity index (χ4v) is 2.56. The molecular formula is C16H23N3O2. The fraction of sp³-hybridized carbons (Fsp3) is 0.438. The highest BCUT2D eigenvalue weighted by atomic mass is 16.5. The molecule has 1 heterocycles. The normalized spacial score (nSPS) is 12.2. The minimum absolute atomic E-state index is 0.116. The van der Waals surface area contributed by atoms with Gasteiger partial charge in [0.2, 0.25) is 0 Å². The average Bonchev–Trinajstić information content (AvgIpc) is 2.91. The maximum absolute atomic E-state index is 5.52. The molecule has 0 fully saturated rings. The van der Waals surface area contributed by atoms with Crippen LogP contribution in [0.3, 0.4) is 0 Å². The third-order valence-corrected chi connectivity index (χ3v) is 3.46. The third-order valence-electron chi connectivity index (χ3n) is 3.46. The summed E-state index contributed by atoms with van der Waals surface area (Å²) in [5.74, 6) is 1.67. The highest BCUT2D eigenvalue weighted by Crippen LogP contribution is 2.35. The zero-order valence-corrected chi connectivity index (χ0v) is 13.1. The Morgan fingerprint density at radius 1 is 1.24 bits per heavy atom. The molecule has 1 unspecified atom stereocenters. The highest BCUT2D eigenvalue weighted by molar-refractivity contribution is 5.47. The lowest BCUT2D eigenvalue weighted by molar-refractivity contribution is 0.370. The van der Waals surface area contributed by atoms with Crippen LogP contribution in [0.5, 0.6) is 11.5 Å². The van der Waals surface area contributed by atoms with Crippen LogP contribution in [-0.4, -0.2) is 30.5 Å². The van der Waals surface area contributed by atoms with Crippen LogP contribution in [0.15, 0.2) is 30.6 Å². The summed E-state index contributed by atoms with van der Waals surface area (Å²) in [7, 11) is 5.30. The SMILES string of the molecule is CCNC(Cc1cnn(C)c1)c1c(OC)cccc1OC. The average molecular weight is 289 g/mol. The van der Waals surface area contributed by atoms with Crippen LogP contribution in [0.25, 0.3) is 0 Å². The van der Waals surface area contributed by atoms with Crippen molar-refractivity contribution in [3.63, 3.8) is 0 Å². The third kappa shape index (κ3) is 3.55. The Hall–Kier alpha value is -2.01. The van der Waals surface area contributed by atoms with Crippen molar-refractivity contribution in [1.82, 2.24) is 15.1 Å². The molecule has 114 valence electrons. The topological polar surface area (TPSA) is 48.3 Å². The molecule has 1 atom stereocenters. The van der Waals surface area contributed by atoms with E-state index in [1.807, 2.05) is 42.3 Å². The van der Waals surface area contributed by atoms with Crippen molar-refractivity contribution in [2.24, 2.45) is 7.05 Å². The molecule has 0 aliphatic rings. The van der Waals surface area contributed by atoms with Crippen molar-refractivity contribution >= 4 is 0 Å². The molecule has 0 bridgehead atoms. The second-order valence-electron chi connectivity index (χ2n) is 4.91. The van der Waals surface area contributed by atoms with Crippen molar-refractivity contribution in [3.8, 4) is 11.5 Å². The molecule has 0 spiro atoms. The Bertz CT molecular complexity index is 558. The first-order valence-corrected chi connectivity index (χ1v) is 7.11. The second-order valence-corrected chi connectivity index (χ2v) is 4.91. The number of ether oxygens (including phenoxy) is 2. The molecule has 2 aromatic rings. The van der Waals surface area contributed by atoms with Gasteiger partial charge >= 0.3 is 0 Å². The van der Waals surface area contributed by atoms with Gasteiger partial charge in [-0.25, -0.2) is 0 Å². The lowest BCUT2D eigenvalue weighted by atomic mass is 9.98. The predicted octanol–water partition coefficient (Wildman–Crippen LogP) is 2.33. The molecule has 0 aliphatic heterocycles. The number of benzene rings is 1. The van der Waals surface area contributed by atoms with E-state index in [9.17, 15) is 0 Å². The van der Waals surface area contributed by atoms with Gasteiger partial charge in [0, 0.05) is 19.3 Å². The van der Waals surface area contributed by atoms with E-state index in [1.54, 1.807) is 14.2 Å². The van der Waals surface area contributed by atoms with E-state index in [1.165, 1.54) is 5.56 Å². The maximum Gasteiger partial charge on any atom is 0.127 e. The van der Waals surface area contributed by atoms with E-state index < -0.39 is 0 Å². The maximum atomic E-state index is 5.52. The Kier molecular flexibility index (Phi) is 5.22. The summed E-state index contributed by atoms with van der Waals surface area (Å²) >= 11 is 0. The van der Waals surface area contributed by atoms with Crippen LogP contribution in [0.2, 0.25) is 0 Å². The standard InChI is InChI=1S/C16H23N3O2/c1-5-17-13(9-12-10-18-19(2)11-12)16-14(20-3)7-6-8-15(16)21-4/h6-8,10-11,13,17H,5,9H2,1-4H3. The predicted molar refractivity (Wildman–Crippen MR) is 82.9 cm³/mol. The summed E-state index contributed by atoms with van der Waals surface area (Å²) in [6.07, 6.45) is 4.76. The van der Waals surface area contributed by atoms with Crippen LogP contribution >= 0.6 is 0 Å². The Morgan fingerprint density at radius 3 is 2.38 bits per heavy atom. The van der Waals surface area contributed by atoms with Crippen molar-refractivity contribution in [2.45, 2.75) is 19.4 Å².